The lowest BCUT2D eigenvalue weighted by Crippen LogP contribution is -2.50. The van der Waals surface area contributed by atoms with Gasteiger partial charge in [-0.25, -0.2) is 4.79 Å². The Morgan fingerprint density at radius 1 is 0.825 bits per heavy atom. The van der Waals surface area contributed by atoms with Crippen LogP contribution >= 0.6 is 11.3 Å². The molecule has 8 heteroatoms. The molecule has 0 radical (unpaired) electrons. The Morgan fingerprint density at radius 2 is 1.52 bits per heavy atom. The second kappa shape index (κ2) is 13.9. The Labute approximate surface area is 239 Å². The molecule has 0 aliphatic carbocycles. The molecule has 5 rings (SSSR count). The smallest absolute Gasteiger partial charge is 0.321 e. The standard InChI is InChI=1S/C32H34N4O3S/c37-31(33-24-29-15-8-22-40-29)27-13-7-14-28(23-27)34-32(38)36-18-16-35(17-19-36)20-21-39-30(25-9-3-1-4-10-25)26-11-5-2-6-12-26/h1-15,22-23,30H,16-21,24H2,(H,33,37)(H,34,38). The van der Waals surface area contributed by atoms with Gasteiger partial charge in [-0.05, 0) is 40.8 Å². The Bertz CT molecular complexity index is 1320. The van der Waals surface area contributed by atoms with Crippen LogP contribution in [0.25, 0.3) is 0 Å². The third kappa shape index (κ3) is 7.57. The second-order valence-corrected chi connectivity index (χ2v) is 10.7. The van der Waals surface area contributed by atoms with Crippen molar-refractivity contribution >= 4 is 29.0 Å². The predicted molar refractivity (Wildman–Crippen MR) is 160 cm³/mol. The van der Waals surface area contributed by atoms with Crippen molar-refractivity contribution in [3.05, 3.63) is 124 Å². The molecule has 0 spiro atoms. The number of nitrogens with zero attached hydrogens (tertiary/aromatic N) is 2. The first-order valence-electron chi connectivity index (χ1n) is 13.6. The molecule has 1 aliphatic rings. The lowest BCUT2D eigenvalue weighted by molar-refractivity contribution is 0.0498. The van der Waals surface area contributed by atoms with E-state index in [4.69, 9.17) is 4.74 Å². The molecule has 0 unspecified atom stereocenters. The molecular formula is C32H34N4O3S. The van der Waals surface area contributed by atoms with Gasteiger partial charge in [-0.3, -0.25) is 9.69 Å². The van der Waals surface area contributed by atoms with Crippen LogP contribution in [0.3, 0.4) is 0 Å². The molecule has 40 heavy (non-hydrogen) atoms. The first kappa shape index (κ1) is 27.6. The molecule has 4 aromatic rings. The number of rotatable bonds is 10. The van der Waals surface area contributed by atoms with Crippen molar-refractivity contribution in [1.82, 2.24) is 15.1 Å². The van der Waals surface area contributed by atoms with Crippen LogP contribution in [0, 0.1) is 0 Å². The van der Waals surface area contributed by atoms with Crippen molar-refractivity contribution in [2.45, 2.75) is 12.6 Å². The van der Waals surface area contributed by atoms with Crippen LogP contribution in [0.4, 0.5) is 10.5 Å². The summed E-state index contributed by atoms with van der Waals surface area (Å²) in [7, 11) is 0. The lowest BCUT2D eigenvalue weighted by atomic mass is 10.0. The molecular weight excluding hydrogens is 520 g/mol. The highest BCUT2D eigenvalue weighted by Crippen LogP contribution is 2.25. The van der Waals surface area contributed by atoms with Crippen molar-refractivity contribution in [1.29, 1.82) is 0 Å². The van der Waals surface area contributed by atoms with Gasteiger partial charge in [0.25, 0.3) is 5.91 Å². The quantitative estimate of drug-likeness (QED) is 0.266. The number of urea groups is 1. The van der Waals surface area contributed by atoms with E-state index in [-0.39, 0.29) is 18.0 Å². The zero-order valence-corrected chi connectivity index (χ0v) is 23.2. The van der Waals surface area contributed by atoms with Gasteiger partial charge in [-0.2, -0.15) is 0 Å². The van der Waals surface area contributed by atoms with E-state index < -0.39 is 0 Å². The molecule has 3 amide bonds. The molecule has 2 heterocycles. The highest BCUT2D eigenvalue weighted by atomic mass is 32.1. The summed E-state index contributed by atoms with van der Waals surface area (Å²) < 4.78 is 6.37. The number of carbonyl (C=O) groups is 2. The average Bonchev–Trinajstić information content (AvgIpc) is 3.53. The van der Waals surface area contributed by atoms with Gasteiger partial charge in [0, 0.05) is 48.9 Å². The molecule has 0 saturated carbocycles. The Hall–Kier alpha value is -3.98. The summed E-state index contributed by atoms with van der Waals surface area (Å²) in [5.74, 6) is -0.165. The summed E-state index contributed by atoms with van der Waals surface area (Å²) >= 11 is 1.60. The van der Waals surface area contributed by atoms with Crippen molar-refractivity contribution in [3.8, 4) is 0 Å². The second-order valence-electron chi connectivity index (χ2n) is 9.67. The molecule has 206 valence electrons. The Balaban J connectivity index is 1.07. The van der Waals surface area contributed by atoms with E-state index in [9.17, 15) is 9.59 Å². The third-order valence-electron chi connectivity index (χ3n) is 6.94. The average molecular weight is 555 g/mol. The fourth-order valence-corrected chi connectivity index (χ4v) is 5.38. The van der Waals surface area contributed by atoms with Crippen LogP contribution in [-0.2, 0) is 11.3 Å². The molecule has 1 fully saturated rings. The first-order valence-corrected chi connectivity index (χ1v) is 14.4. The SMILES string of the molecule is O=C(NCc1cccs1)c1cccc(NC(=O)N2CCN(CCOC(c3ccccc3)c3ccccc3)CC2)c1. The third-order valence-corrected chi connectivity index (χ3v) is 7.81. The summed E-state index contributed by atoms with van der Waals surface area (Å²) in [5.41, 5.74) is 3.40. The van der Waals surface area contributed by atoms with Crippen molar-refractivity contribution in [3.63, 3.8) is 0 Å². The van der Waals surface area contributed by atoms with E-state index in [0.717, 1.165) is 35.6 Å². The lowest BCUT2D eigenvalue weighted by Gasteiger charge is -2.35. The number of benzene rings is 3. The minimum absolute atomic E-state index is 0.108. The topological polar surface area (TPSA) is 73.9 Å². The van der Waals surface area contributed by atoms with Crippen LogP contribution in [0.1, 0.15) is 32.5 Å². The van der Waals surface area contributed by atoms with Crippen LogP contribution in [-0.4, -0.2) is 61.1 Å². The van der Waals surface area contributed by atoms with E-state index in [1.165, 1.54) is 0 Å². The minimum Gasteiger partial charge on any atom is -0.367 e. The maximum Gasteiger partial charge on any atom is 0.321 e. The van der Waals surface area contributed by atoms with Gasteiger partial charge in [0.2, 0.25) is 0 Å². The zero-order valence-electron chi connectivity index (χ0n) is 22.4. The molecule has 7 nitrogen and oxygen atoms in total. The van der Waals surface area contributed by atoms with Crippen LogP contribution in [0.2, 0.25) is 0 Å². The summed E-state index contributed by atoms with van der Waals surface area (Å²) in [6.45, 7) is 4.71. The Kier molecular flexibility index (Phi) is 9.58. The Morgan fingerprint density at radius 3 is 2.17 bits per heavy atom. The van der Waals surface area contributed by atoms with Gasteiger partial charge >= 0.3 is 6.03 Å². The van der Waals surface area contributed by atoms with Gasteiger partial charge in [-0.1, -0.05) is 72.8 Å². The fraction of sp³-hybridized carbons (Fsp3) is 0.250. The highest BCUT2D eigenvalue weighted by molar-refractivity contribution is 7.09. The van der Waals surface area contributed by atoms with Crippen molar-refractivity contribution in [2.24, 2.45) is 0 Å². The molecule has 0 bridgehead atoms. The summed E-state index contributed by atoms with van der Waals surface area (Å²) in [6.07, 6.45) is -0.108. The van der Waals surface area contributed by atoms with Gasteiger partial charge in [0.15, 0.2) is 0 Å². The van der Waals surface area contributed by atoms with Crippen LogP contribution in [0.15, 0.2) is 102 Å². The predicted octanol–water partition coefficient (Wildman–Crippen LogP) is 5.63. The van der Waals surface area contributed by atoms with Gasteiger partial charge in [0.1, 0.15) is 6.10 Å². The maximum atomic E-state index is 12.9. The van der Waals surface area contributed by atoms with Gasteiger partial charge in [-0.15, -0.1) is 11.3 Å². The van der Waals surface area contributed by atoms with Crippen LogP contribution in [0.5, 0.6) is 0 Å². The minimum atomic E-state index is -0.165. The number of anilines is 1. The number of hydrogen-bond donors (Lipinski definition) is 2. The number of amides is 3. The number of carbonyl (C=O) groups excluding carboxylic acids is 2. The number of hydrogen-bond acceptors (Lipinski definition) is 5. The van der Waals surface area contributed by atoms with E-state index in [1.54, 1.807) is 35.6 Å². The summed E-state index contributed by atoms with van der Waals surface area (Å²) in [4.78, 5) is 30.7. The first-order chi connectivity index (χ1) is 19.7. The summed E-state index contributed by atoms with van der Waals surface area (Å²) in [5, 5.41) is 7.86. The summed E-state index contributed by atoms with van der Waals surface area (Å²) in [6, 6.07) is 31.4. The maximum absolute atomic E-state index is 12.9. The fourth-order valence-electron chi connectivity index (χ4n) is 4.74. The van der Waals surface area contributed by atoms with E-state index >= 15 is 0 Å². The zero-order chi connectivity index (χ0) is 27.6. The molecule has 1 aliphatic heterocycles. The van der Waals surface area contributed by atoms with Gasteiger partial charge < -0.3 is 20.3 Å². The molecule has 3 aromatic carbocycles. The van der Waals surface area contributed by atoms with Crippen LogP contribution < -0.4 is 10.6 Å². The molecule has 0 atom stereocenters. The van der Waals surface area contributed by atoms with Gasteiger partial charge in [0.05, 0.1) is 13.2 Å². The molecule has 2 N–H and O–H groups in total. The van der Waals surface area contributed by atoms with Crippen molar-refractivity contribution in [2.75, 3.05) is 44.6 Å². The number of piperazine rings is 1. The molecule has 1 aromatic heterocycles. The van der Waals surface area contributed by atoms with E-state index in [2.05, 4.69) is 39.8 Å². The normalized spacial score (nSPS) is 13.8. The highest BCUT2D eigenvalue weighted by Gasteiger charge is 2.22. The molecule has 1 saturated heterocycles. The van der Waals surface area contributed by atoms with E-state index in [1.807, 2.05) is 58.8 Å². The number of thiophene rings is 1. The number of nitrogens with one attached hydrogen (secondary N) is 2. The van der Waals surface area contributed by atoms with Crippen molar-refractivity contribution < 1.29 is 14.3 Å². The van der Waals surface area contributed by atoms with E-state index in [0.29, 0.717) is 37.5 Å². The monoisotopic (exact) mass is 554 g/mol. The largest absolute Gasteiger partial charge is 0.367 e. The number of ether oxygens (including phenoxy) is 1.